The molecule has 158 valence electrons. The van der Waals surface area contributed by atoms with Crippen LogP contribution in [-0.2, 0) is 0 Å². The summed E-state index contributed by atoms with van der Waals surface area (Å²) in [5, 5.41) is 13.7. The molecule has 2 N–H and O–H groups in total. The van der Waals surface area contributed by atoms with Crippen molar-refractivity contribution in [1.82, 2.24) is 4.98 Å². The number of fused-ring (bicyclic) bond motifs is 1. The number of carbonyl (C=O) groups excluding carboxylic acids is 1. The van der Waals surface area contributed by atoms with Crippen LogP contribution < -0.4 is 10.1 Å². The van der Waals surface area contributed by atoms with Gasteiger partial charge in [-0.1, -0.05) is 12.1 Å². The maximum Gasteiger partial charge on any atom is 0.339 e. The van der Waals surface area contributed by atoms with E-state index in [4.69, 9.17) is 4.74 Å². The molecule has 0 aliphatic carbocycles. The number of aromatic nitrogens is 1. The fourth-order valence-electron chi connectivity index (χ4n) is 3.00. The maximum absolute atomic E-state index is 14.4. The van der Waals surface area contributed by atoms with Crippen molar-refractivity contribution >= 4 is 49.8 Å². The Morgan fingerprint density at radius 3 is 2.61 bits per heavy atom. The van der Waals surface area contributed by atoms with E-state index in [0.29, 0.717) is 11.3 Å². The number of anilines is 1. The van der Waals surface area contributed by atoms with E-state index in [9.17, 15) is 23.5 Å². The van der Waals surface area contributed by atoms with Crippen LogP contribution in [0.1, 0.15) is 25.7 Å². The van der Waals surface area contributed by atoms with Crippen molar-refractivity contribution in [3.63, 3.8) is 0 Å². The molecule has 2 heterocycles. The third-order valence-corrected chi connectivity index (χ3v) is 6.50. The zero-order valence-corrected chi connectivity index (χ0v) is 17.8. The second-order valence-corrected chi connectivity index (χ2v) is 8.43. The van der Waals surface area contributed by atoms with Crippen molar-refractivity contribution in [3.05, 3.63) is 63.5 Å². The molecule has 0 saturated heterocycles. The smallest absolute Gasteiger partial charge is 0.339 e. The molecule has 0 unspecified atom stereocenters. The van der Waals surface area contributed by atoms with Crippen LogP contribution in [0, 0.1) is 18.6 Å². The summed E-state index contributed by atoms with van der Waals surface area (Å²) in [6.07, 6.45) is 0. The van der Waals surface area contributed by atoms with E-state index < -0.39 is 23.5 Å². The molecule has 0 radical (unpaired) electrons. The number of carboxylic acids is 1. The Hall–Kier alpha value is -3.37. The van der Waals surface area contributed by atoms with Crippen molar-refractivity contribution in [2.75, 3.05) is 12.4 Å². The van der Waals surface area contributed by atoms with E-state index in [0.717, 1.165) is 27.4 Å². The molecular formula is C21H14F2N2O4S2. The first-order valence-corrected chi connectivity index (χ1v) is 10.6. The van der Waals surface area contributed by atoms with Crippen LogP contribution in [0.4, 0.5) is 13.8 Å². The van der Waals surface area contributed by atoms with E-state index in [1.807, 2.05) is 0 Å². The lowest BCUT2D eigenvalue weighted by molar-refractivity contribution is 0.0699. The Morgan fingerprint density at radius 2 is 1.90 bits per heavy atom. The lowest BCUT2D eigenvalue weighted by Gasteiger charge is -2.07. The van der Waals surface area contributed by atoms with E-state index in [1.165, 1.54) is 31.5 Å². The van der Waals surface area contributed by atoms with Crippen LogP contribution in [0.5, 0.6) is 5.75 Å². The van der Waals surface area contributed by atoms with Crippen LogP contribution in [0.2, 0.25) is 0 Å². The number of carbonyl (C=O) groups is 2. The number of thiazole rings is 1. The molecule has 0 aliphatic rings. The van der Waals surface area contributed by atoms with E-state index >= 15 is 0 Å². The quantitative estimate of drug-likeness (QED) is 0.406. The topological polar surface area (TPSA) is 88.5 Å². The van der Waals surface area contributed by atoms with Gasteiger partial charge in [0.15, 0.2) is 16.6 Å². The number of hydrogen-bond donors (Lipinski definition) is 2. The SMILES string of the molecule is COc1ccc2nc(C(=O)Nc3scc(-c4ccc(C)c(F)c4F)c3C(=O)O)sc2c1. The Bertz CT molecular complexity index is 1350. The minimum Gasteiger partial charge on any atom is -0.497 e. The van der Waals surface area contributed by atoms with Crippen molar-refractivity contribution in [3.8, 4) is 16.9 Å². The molecule has 0 aliphatic heterocycles. The summed E-state index contributed by atoms with van der Waals surface area (Å²) < 4.78 is 34.3. The van der Waals surface area contributed by atoms with Crippen molar-refractivity contribution in [2.24, 2.45) is 0 Å². The molecule has 0 spiro atoms. The van der Waals surface area contributed by atoms with Gasteiger partial charge >= 0.3 is 5.97 Å². The third-order valence-electron chi connectivity index (χ3n) is 4.59. The zero-order valence-electron chi connectivity index (χ0n) is 16.2. The Labute approximate surface area is 182 Å². The summed E-state index contributed by atoms with van der Waals surface area (Å²) in [6, 6.07) is 7.85. The fourth-order valence-corrected chi connectivity index (χ4v) is 4.84. The fraction of sp³-hybridized carbons (Fsp3) is 0.0952. The van der Waals surface area contributed by atoms with Gasteiger partial charge < -0.3 is 15.2 Å². The van der Waals surface area contributed by atoms with Crippen LogP contribution in [0.15, 0.2) is 35.7 Å². The lowest BCUT2D eigenvalue weighted by Crippen LogP contribution is -2.13. The Balaban J connectivity index is 1.70. The van der Waals surface area contributed by atoms with E-state index in [-0.39, 0.29) is 32.3 Å². The van der Waals surface area contributed by atoms with Crippen molar-refractivity contribution in [1.29, 1.82) is 0 Å². The number of thiophene rings is 1. The van der Waals surface area contributed by atoms with Gasteiger partial charge in [-0.15, -0.1) is 22.7 Å². The van der Waals surface area contributed by atoms with Gasteiger partial charge in [0.2, 0.25) is 0 Å². The summed E-state index contributed by atoms with van der Waals surface area (Å²) in [7, 11) is 1.53. The molecular weight excluding hydrogens is 446 g/mol. The summed E-state index contributed by atoms with van der Waals surface area (Å²) in [5.74, 6) is -3.55. The van der Waals surface area contributed by atoms with Gasteiger partial charge in [0.25, 0.3) is 5.91 Å². The highest BCUT2D eigenvalue weighted by molar-refractivity contribution is 7.20. The second-order valence-electron chi connectivity index (χ2n) is 6.52. The summed E-state index contributed by atoms with van der Waals surface area (Å²) >= 11 is 2.03. The number of ether oxygens (including phenoxy) is 1. The Morgan fingerprint density at radius 1 is 1.13 bits per heavy atom. The molecule has 0 atom stereocenters. The minimum atomic E-state index is -1.37. The average Bonchev–Trinajstić information content (AvgIpc) is 3.35. The summed E-state index contributed by atoms with van der Waals surface area (Å²) in [6.45, 7) is 1.41. The number of amides is 1. The number of carboxylic acid groups (broad SMARTS) is 1. The van der Waals surface area contributed by atoms with Gasteiger partial charge in [0.05, 0.1) is 17.3 Å². The normalized spacial score (nSPS) is 11.0. The highest BCUT2D eigenvalue weighted by atomic mass is 32.1. The predicted molar refractivity (Wildman–Crippen MR) is 115 cm³/mol. The number of hydrogen-bond acceptors (Lipinski definition) is 6. The first kappa shape index (κ1) is 20.9. The minimum absolute atomic E-state index is 0.00437. The molecule has 0 fully saturated rings. The number of rotatable bonds is 5. The molecule has 10 heteroatoms. The summed E-state index contributed by atoms with van der Waals surface area (Å²) in [5.41, 5.74) is 0.179. The highest BCUT2D eigenvalue weighted by Crippen LogP contribution is 2.38. The molecule has 4 aromatic rings. The standard InChI is InChI=1S/C21H14F2N2O4S2/c1-9-3-5-11(17(23)16(9)22)12-8-30-19(15(12)21(27)28)25-18(26)20-24-13-6-4-10(29-2)7-14(13)31-20/h3-8H,1-2H3,(H,25,26)(H,27,28). The number of aromatic carboxylic acids is 1. The van der Waals surface area contributed by atoms with Crippen molar-refractivity contribution in [2.45, 2.75) is 6.92 Å². The van der Waals surface area contributed by atoms with E-state index in [2.05, 4.69) is 10.3 Å². The van der Waals surface area contributed by atoms with Crippen LogP contribution in [-0.4, -0.2) is 29.1 Å². The predicted octanol–water partition coefficient (Wildman–Crippen LogP) is 5.57. The highest BCUT2D eigenvalue weighted by Gasteiger charge is 2.25. The molecule has 1 amide bonds. The zero-order chi connectivity index (χ0) is 22.3. The monoisotopic (exact) mass is 460 g/mol. The van der Waals surface area contributed by atoms with Gasteiger partial charge in [-0.3, -0.25) is 4.79 Å². The van der Waals surface area contributed by atoms with Gasteiger partial charge in [-0.25, -0.2) is 18.6 Å². The van der Waals surface area contributed by atoms with Crippen LogP contribution in [0.3, 0.4) is 0 Å². The largest absolute Gasteiger partial charge is 0.497 e. The number of nitrogens with zero attached hydrogens (tertiary/aromatic N) is 1. The number of aryl methyl sites for hydroxylation is 1. The van der Waals surface area contributed by atoms with Crippen molar-refractivity contribution < 1.29 is 28.2 Å². The third kappa shape index (κ3) is 3.75. The Kier molecular flexibility index (Phi) is 5.42. The second kappa shape index (κ2) is 8.05. The summed E-state index contributed by atoms with van der Waals surface area (Å²) in [4.78, 5) is 28.8. The number of nitrogens with one attached hydrogen (secondary N) is 1. The molecule has 2 aromatic carbocycles. The van der Waals surface area contributed by atoms with Gasteiger partial charge in [0.1, 0.15) is 16.3 Å². The molecule has 6 nitrogen and oxygen atoms in total. The molecule has 31 heavy (non-hydrogen) atoms. The number of methoxy groups -OCH3 is 1. The molecule has 0 bridgehead atoms. The number of benzene rings is 2. The van der Waals surface area contributed by atoms with Crippen LogP contribution in [0.25, 0.3) is 21.3 Å². The lowest BCUT2D eigenvalue weighted by atomic mass is 10.0. The van der Waals surface area contributed by atoms with E-state index in [1.54, 1.807) is 18.2 Å². The molecule has 4 rings (SSSR count). The van der Waals surface area contributed by atoms with Crippen LogP contribution >= 0.6 is 22.7 Å². The average molecular weight is 460 g/mol. The van der Waals surface area contributed by atoms with Gasteiger partial charge in [-0.05, 0) is 30.7 Å². The van der Waals surface area contributed by atoms with Gasteiger partial charge in [-0.2, -0.15) is 0 Å². The first-order valence-electron chi connectivity index (χ1n) is 8.85. The molecule has 2 aromatic heterocycles. The molecule has 0 saturated carbocycles. The number of halogens is 2. The van der Waals surface area contributed by atoms with Gasteiger partial charge in [0, 0.05) is 16.5 Å². The maximum atomic E-state index is 14.4. The first-order chi connectivity index (χ1) is 14.8.